The van der Waals surface area contributed by atoms with E-state index in [1.807, 2.05) is 32.2 Å². The summed E-state index contributed by atoms with van der Waals surface area (Å²) in [5.74, 6) is 0.123. The SMILES string of the molecule is CO[C@@]1(CN2CCN(C3CCC3)CC2)/C=C/C[C@H](C)[C@@H](C)S(=O)(=O)NC(=O)c2ccc3c(c2)N(CC2(C)CC[C@H]21)C[C@@]1(CCCc2cc(Cl)ccc21)CO3. The van der Waals surface area contributed by atoms with E-state index in [2.05, 4.69) is 50.6 Å². The summed E-state index contributed by atoms with van der Waals surface area (Å²) in [6.07, 6.45) is 14.1. The molecule has 8 rings (SSSR count). The first-order valence-electron chi connectivity index (χ1n) is 20.4. The average molecular weight is 779 g/mol. The van der Waals surface area contributed by atoms with E-state index in [9.17, 15) is 13.2 Å². The molecule has 2 aromatic carbocycles. The number of ether oxygens (including phenoxy) is 2. The number of carbonyl (C=O) groups is 1. The van der Waals surface area contributed by atoms with Gasteiger partial charge >= 0.3 is 0 Å². The van der Waals surface area contributed by atoms with Crippen LogP contribution >= 0.6 is 11.6 Å². The molecule has 2 aromatic rings. The van der Waals surface area contributed by atoms with Crippen LogP contribution in [0.3, 0.4) is 0 Å². The first-order chi connectivity index (χ1) is 25.8. The van der Waals surface area contributed by atoms with Crippen molar-refractivity contribution in [3.05, 3.63) is 70.3 Å². The number of sulfonamides is 1. The van der Waals surface area contributed by atoms with Gasteiger partial charge in [-0.2, -0.15) is 0 Å². The number of fused-ring (bicyclic) bond motifs is 4. The fraction of sp³-hybridized carbons (Fsp3) is 0.651. The van der Waals surface area contributed by atoms with Gasteiger partial charge in [0.05, 0.1) is 17.5 Å². The third-order valence-corrected chi connectivity index (χ3v) is 16.7. The highest BCUT2D eigenvalue weighted by Crippen LogP contribution is 2.56. The second kappa shape index (κ2) is 14.7. The van der Waals surface area contributed by atoms with Crippen LogP contribution in [0.15, 0.2) is 48.6 Å². The Labute approximate surface area is 327 Å². The fourth-order valence-corrected chi connectivity index (χ4v) is 12.2. The predicted octanol–water partition coefficient (Wildman–Crippen LogP) is 6.83. The molecule has 3 aliphatic carbocycles. The maximum absolute atomic E-state index is 13.7. The second-order valence-corrected chi connectivity index (χ2v) is 20.3. The van der Waals surface area contributed by atoms with Gasteiger partial charge in [0.15, 0.2) is 0 Å². The maximum atomic E-state index is 13.7. The quantitative estimate of drug-likeness (QED) is 0.338. The Morgan fingerprint density at radius 2 is 1.80 bits per heavy atom. The van der Waals surface area contributed by atoms with Crippen molar-refractivity contribution in [2.24, 2.45) is 17.3 Å². The molecule has 3 fully saturated rings. The van der Waals surface area contributed by atoms with E-state index in [0.717, 1.165) is 93.9 Å². The van der Waals surface area contributed by atoms with Gasteiger partial charge in [0.1, 0.15) is 11.4 Å². The number of nitrogens with one attached hydrogen (secondary N) is 1. The van der Waals surface area contributed by atoms with Crippen LogP contribution in [-0.2, 0) is 26.6 Å². The molecule has 11 heteroatoms. The zero-order valence-electron chi connectivity index (χ0n) is 32.6. The molecule has 1 N–H and O–H groups in total. The summed E-state index contributed by atoms with van der Waals surface area (Å²) in [7, 11) is -2.08. The van der Waals surface area contributed by atoms with Crippen molar-refractivity contribution < 1.29 is 22.7 Å². The van der Waals surface area contributed by atoms with E-state index in [-0.39, 0.29) is 22.7 Å². The molecule has 2 saturated carbocycles. The summed E-state index contributed by atoms with van der Waals surface area (Å²) >= 11 is 6.53. The Morgan fingerprint density at radius 1 is 1.00 bits per heavy atom. The summed E-state index contributed by atoms with van der Waals surface area (Å²) in [5, 5.41) is -0.0221. The molecule has 2 bridgehead atoms. The molecule has 1 unspecified atom stereocenters. The first kappa shape index (κ1) is 38.3. The van der Waals surface area contributed by atoms with E-state index in [4.69, 9.17) is 21.1 Å². The van der Waals surface area contributed by atoms with Gasteiger partial charge in [-0.1, -0.05) is 50.1 Å². The van der Waals surface area contributed by atoms with E-state index in [1.54, 1.807) is 13.0 Å². The molecule has 1 saturated heterocycles. The largest absolute Gasteiger partial charge is 0.490 e. The third-order valence-electron chi connectivity index (χ3n) is 14.6. The van der Waals surface area contributed by atoms with Crippen LogP contribution in [0.1, 0.15) is 93.6 Å². The topological polar surface area (TPSA) is 91.4 Å². The number of methoxy groups -OCH3 is 1. The molecule has 0 aromatic heterocycles. The molecule has 6 atom stereocenters. The molecule has 1 amide bonds. The van der Waals surface area contributed by atoms with Gasteiger partial charge in [-0.15, -0.1) is 0 Å². The summed E-state index contributed by atoms with van der Waals surface area (Å²) < 4.78 is 43.3. The van der Waals surface area contributed by atoms with Gasteiger partial charge in [-0.05, 0) is 117 Å². The number of aryl methyl sites for hydroxylation is 1. The number of amides is 1. The van der Waals surface area contributed by atoms with Gasteiger partial charge in [-0.25, -0.2) is 13.1 Å². The van der Waals surface area contributed by atoms with Crippen LogP contribution in [0.25, 0.3) is 0 Å². The molecule has 1 spiro atoms. The minimum absolute atomic E-state index is 0.105. The van der Waals surface area contributed by atoms with Crippen LogP contribution in [0.4, 0.5) is 5.69 Å². The molecule has 294 valence electrons. The van der Waals surface area contributed by atoms with Crippen LogP contribution in [0, 0.1) is 17.3 Å². The molecule has 3 heterocycles. The lowest BCUT2D eigenvalue weighted by molar-refractivity contribution is -0.130. The number of halogens is 1. The van der Waals surface area contributed by atoms with Gasteiger partial charge in [0.2, 0.25) is 10.0 Å². The monoisotopic (exact) mass is 778 g/mol. The number of hydrogen-bond acceptors (Lipinski definition) is 8. The predicted molar refractivity (Wildman–Crippen MR) is 215 cm³/mol. The molecule has 0 radical (unpaired) electrons. The van der Waals surface area contributed by atoms with Crippen LogP contribution in [0.2, 0.25) is 5.02 Å². The maximum Gasteiger partial charge on any atom is 0.264 e. The Morgan fingerprint density at radius 3 is 2.50 bits per heavy atom. The zero-order chi connectivity index (χ0) is 37.9. The minimum atomic E-state index is -3.96. The van der Waals surface area contributed by atoms with Crippen molar-refractivity contribution in [1.29, 1.82) is 0 Å². The highest BCUT2D eigenvalue weighted by molar-refractivity contribution is 7.90. The fourth-order valence-electron chi connectivity index (χ4n) is 10.7. The lowest BCUT2D eigenvalue weighted by Crippen LogP contribution is -2.63. The van der Waals surface area contributed by atoms with Gasteiger partial charge in [-0.3, -0.25) is 14.6 Å². The van der Waals surface area contributed by atoms with E-state index < -0.39 is 26.8 Å². The number of allylic oxidation sites excluding steroid dienone is 1. The number of hydrogen-bond donors (Lipinski definition) is 1. The van der Waals surface area contributed by atoms with Gasteiger partial charge in [0.25, 0.3) is 5.91 Å². The van der Waals surface area contributed by atoms with Crippen molar-refractivity contribution in [2.45, 2.75) is 101 Å². The van der Waals surface area contributed by atoms with Crippen molar-refractivity contribution in [1.82, 2.24) is 14.5 Å². The smallest absolute Gasteiger partial charge is 0.264 e. The number of anilines is 1. The Kier molecular flexibility index (Phi) is 10.4. The van der Waals surface area contributed by atoms with E-state index in [1.165, 1.54) is 30.4 Å². The second-order valence-electron chi connectivity index (χ2n) is 17.9. The summed E-state index contributed by atoms with van der Waals surface area (Å²) in [6, 6.07) is 12.5. The molecule has 54 heavy (non-hydrogen) atoms. The number of nitrogens with zero attached hydrogens (tertiary/aromatic N) is 3. The lowest BCUT2D eigenvalue weighted by Gasteiger charge is -2.58. The number of carbonyl (C=O) groups excluding carboxylic acids is 1. The minimum Gasteiger partial charge on any atom is -0.490 e. The zero-order valence-corrected chi connectivity index (χ0v) is 34.2. The van der Waals surface area contributed by atoms with Crippen molar-refractivity contribution in [3.8, 4) is 5.75 Å². The Hall–Kier alpha value is -2.63. The van der Waals surface area contributed by atoms with Crippen molar-refractivity contribution >= 4 is 33.2 Å². The molecule has 9 nitrogen and oxygen atoms in total. The molecular formula is C43H59ClN4O5S. The number of rotatable bonds is 4. The Balaban J connectivity index is 1.19. The van der Waals surface area contributed by atoms with Crippen molar-refractivity contribution in [3.63, 3.8) is 0 Å². The summed E-state index contributed by atoms with van der Waals surface area (Å²) in [5.41, 5.74) is 2.79. The van der Waals surface area contributed by atoms with E-state index >= 15 is 0 Å². The Bertz CT molecular complexity index is 1880. The molecule has 6 aliphatic rings. The molecule has 3 aliphatic heterocycles. The highest BCUT2D eigenvalue weighted by Gasteiger charge is 2.56. The summed E-state index contributed by atoms with van der Waals surface area (Å²) in [6.45, 7) is 13.1. The first-order valence-corrected chi connectivity index (χ1v) is 22.3. The molecular weight excluding hydrogens is 720 g/mol. The van der Waals surface area contributed by atoms with Crippen molar-refractivity contribution in [2.75, 3.05) is 64.4 Å². The standard InChI is InChI=1S/C43H59ClN4O5S/c1-30-8-6-18-43(52-4,28-46-20-22-47(23-21-46)35-10-5-11-35)39-16-19-41(39,3)26-48-27-42(17-7-9-32-24-34(44)13-14-36(32)42)29-53-38-15-12-33(25-37(38)48)40(49)45-54(50,51)31(30)2/h6,12-15,18,24-25,30-31,35,39H,5,7-11,16-17,19-23,26-29H2,1-4H3,(H,45,49)/b18-6+/t30-,31+,39+,41?,42-,43+/m0/s1. The number of piperazine rings is 1. The van der Waals surface area contributed by atoms with Crippen LogP contribution in [-0.4, -0.2) is 101 Å². The summed E-state index contributed by atoms with van der Waals surface area (Å²) in [4.78, 5) is 21.5. The van der Waals surface area contributed by atoms with Crippen LogP contribution < -0.4 is 14.4 Å². The third kappa shape index (κ3) is 7.01. The van der Waals surface area contributed by atoms with E-state index in [0.29, 0.717) is 25.1 Å². The van der Waals surface area contributed by atoms with Gasteiger partial charge < -0.3 is 14.4 Å². The van der Waals surface area contributed by atoms with Crippen LogP contribution in [0.5, 0.6) is 5.75 Å². The normalized spacial score (nSPS) is 35.4. The number of benzene rings is 2. The highest BCUT2D eigenvalue weighted by atomic mass is 35.5. The van der Waals surface area contributed by atoms with Gasteiger partial charge in [0, 0.05) is 75.0 Å². The average Bonchev–Trinajstić information content (AvgIpc) is 3.26. The lowest BCUT2D eigenvalue weighted by atomic mass is 9.54.